The van der Waals surface area contributed by atoms with Crippen LogP contribution in [0.1, 0.15) is 56.5 Å². The first-order chi connectivity index (χ1) is 13.9. The predicted molar refractivity (Wildman–Crippen MR) is 121 cm³/mol. The number of piperidine rings is 1. The second-order valence-electron chi connectivity index (χ2n) is 8.66. The first-order valence-electron chi connectivity index (χ1n) is 10.9. The number of hydrogen-bond acceptors (Lipinski definition) is 3. The summed E-state index contributed by atoms with van der Waals surface area (Å²) < 4.78 is 0. The van der Waals surface area contributed by atoms with Crippen molar-refractivity contribution in [2.45, 2.75) is 65.2 Å². The van der Waals surface area contributed by atoms with Gasteiger partial charge in [-0.2, -0.15) is 0 Å². The Kier molecular flexibility index (Phi) is 7.32. The maximum Gasteiger partial charge on any atom is 0.254 e. The van der Waals surface area contributed by atoms with Gasteiger partial charge in [0.1, 0.15) is 0 Å². The zero-order valence-corrected chi connectivity index (χ0v) is 18.3. The Morgan fingerprint density at radius 3 is 2.10 bits per heavy atom. The number of nitrogens with one attached hydrogen (secondary N) is 1. The van der Waals surface area contributed by atoms with Gasteiger partial charge in [0.05, 0.1) is 0 Å². The van der Waals surface area contributed by atoms with Crippen LogP contribution in [0, 0.1) is 0 Å². The fraction of sp³-hybridized carbons (Fsp3) is 0.480. The molecule has 0 unspecified atom stereocenters. The molecule has 156 valence electrons. The molecule has 3 rings (SSSR count). The zero-order chi connectivity index (χ0) is 20.8. The Hall–Kier alpha value is -2.33. The molecular weight excluding hydrogens is 358 g/mol. The van der Waals surface area contributed by atoms with E-state index in [0.29, 0.717) is 6.04 Å². The number of carbonyl (C=O) groups excluding carboxylic acids is 1. The number of nitrogens with zero attached hydrogens (tertiary/aromatic N) is 2. The van der Waals surface area contributed by atoms with E-state index in [1.807, 2.05) is 29.2 Å². The Balaban J connectivity index is 1.51. The van der Waals surface area contributed by atoms with Gasteiger partial charge in [-0.1, -0.05) is 30.3 Å². The van der Waals surface area contributed by atoms with Crippen LogP contribution in [0.15, 0.2) is 54.6 Å². The highest BCUT2D eigenvalue weighted by Crippen LogP contribution is 2.20. The normalized spacial score (nSPS) is 15.7. The molecule has 1 aliphatic rings. The highest BCUT2D eigenvalue weighted by atomic mass is 16.2. The molecule has 0 radical (unpaired) electrons. The van der Waals surface area contributed by atoms with Gasteiger partial charge >= 0.3 is 0 Å². The van der Waals surface area contributed by atoms with Crippen LogP contribution in [0.25, 0.3) is 0 Å². The number of hydrogen-bond donors (Lipinski definition) is 1. The molecule has 0 saturated carbocycles. The minimum absolute atomic E-state index is 0.107. The van der Waals surface area contributed by atoms with Crippen LogP contribution in [0.4, 0.5) is 5.69 Å². The quantitative estimate of drug-likeness (QED) is 0.717. The zero-order valence-electron chi connectivity index (χ0n) is 18.3. The van der Waals surface area contributed by atoms with Gasteiger partial charge in [0.25, 0.3) is 5.91 Å². The lowest BCUT2D eigenvalue weighted by atomic mass is 10.0. The van der Waals surface area contributed by atoms with E-state index in [-0.39, 0.29) is 18.0 Å². The minimum Gasteiger partial charge on any atom is -0.382 e. The van der Waals surface area contributed by atoms with Crippen molar-refractivity contribution in [3.05, 3.63) is 65.7 Å². The second kappa shape index (κ2) is 9.93. The summed E-state index contributed by atoms with van der Waals surface area (Å²) in [7, 11) is 0. The van der Waals surface area contributed by atoms with E-state index in [4.69, 9.17) is 0 Å². The molecule has 1 heterocycles. The van der Waals surface area contributed by atoms with Crippen LogP contribution in [0.3, 0.4) is 0 Å². The van der Waals surface area contributed by atoms with E-state index in [1.165, 1.54) is 5.56 Å². The maximum absolute atomic E-state index is 12.8. The van der Waals surface area contributed by atoms with E-state index in [9.17, 15) is 4.79 Å². The molecule has 0 aliphatic carbocycles. The Morgan fingerprint density at radius 1 is 0.966 bits per heavy atom. The van der Waals surface area contributed by atoms with Crippen molar-refractivity contribution in [3.63, 3.8) is 0 Å². The van der Waals surface area contributed by atoms with E-state index < -0.39 is 0 Å². The highest BCUT2D eigenvalue weighted by molar-refractivity contribution is 5.95. The second-order valence-corrected chi connectivity index (χ2v) is 8.66. The average molecular weight is 394 g/mol. The maximum atomic E-state index is 12.8. The number of likely N-dealkylation sites (tertiary alicyclic amines) is 1. The SMILES string of the molecule is CC(C)N(C(=O)c1ccc(NC2CCN(Cc3ccccc3)CC2)cc1)C(C)C. The Bertz CT molecular complexity index is 754. The Labute approximate surface area is 175 Å². The summed E-state index contributed by atoms with van der Waals surface area (Å²) in [6.45, 7) is 11.5. The van der Waals surface area contributed by atoms with Crippen molar-refractivity contribution < 1.29 is 4.79 Å². The molecule has 4 heteroatoms. The molecule has 1 N–H and O–H groups in total. The summed E-state index contributed by atoms with van der Waals surface area (Å²) in [6.07, 6.45) is 2.28. The van der Waals surface area contributed by atoms with Crippen LogP contribution in [-0.4, -0.2) is 46.9 Å². The van der Waals surface area contributed by atoms with Crippen molar-refractivity contribution >= 4 is 11.6 Å². The molecule has 0 aromatic heterocycles. The summed E-state index contributed by atoms with van der Waals surface area (Å²) in [5.74, 6) is 0.107. The van der Waals surface area contributed by atoms with Gasteiger partial charge in [-0.25, -0.2) is 0 Å². The summed E-state index contributed by atoms with van der Waals surface area (Å²) in [4.78, 5) is 17.3. The lowest BCUT2D eigenvalue weighted by Crippen LogP contribution is -2.42. The van der Waals surface area contributed by atoms with Crippen LogP contribution < -0.4 is 5.32 Å². The lowest BCUT2D eigenvalue weighted by Gasteiger charge is -2.33. The average Bonchev–Trinajstić information content (AvgIpc) is 2.70. The summed E-state index contributed by atoms with van der Waals surface area (Å²) in [6, 6.07) is 19.6. The molecule has 1 amide bonds. The van der Waals surface area contributed by atoms with Gasteiger partial charge in [-0.05, 0) is 70.4 Å². The molecule has 1 saturated heterocycles. The van der Waals surface area contributed by atoms with Crippen molar-refractivity contribution in [2.24, 2.45) is 0 Å². The minimum atomic E-state index is 0.107. The predicted octanol–water partition coefficient (Wildman–Crippen LogP) is 5.02. The van der Waals surface area contributed by atoms with E-state index in [2.05, 4.69) is 68.2 Å². The third kappa shape index (κ3) is 5.83. The van der Waals surface area contributed by atoms with Crippen LogP contribution >= 0.6 is 0 Å². The van der Waals surface area contributed by atoms with Gasteiger partial charge in [0, 0.05) is 49.0 Å². The molecule has 2 aromatic carbocycles. The van der Waals surface area contributed by atoms with Crippen LogP contribution in [0.2, 0.25) is 0 Å². The number of benzene rings is 2. The lowest BCUT2D eigenvalue weighted by molar-refractivity contribution is 0.0644. The summed E-state index contributed by atoms with van der Waals surface area (Å²) in [5.41, 5.74) is 3.25. The summed E-state index contributed by atoms with van der Waals surface area (Å²) >= 11 is 0. The third-order valence-electron chi connectivity index (χ3n) is 5.69. The molecule has 1 fully saturated rings. The van der Waals surface area contributed by atoms with Gasteiger partial charge in [-0.3, -0.25) is 9.69 Å². The number of rotatable bonds is 7. The molecule has 29 heavy (non-hydrogen) atoms. The van der Waals surface area contributed by atoms with Gasteiger partial charge < -0.3 is 10.2 Å². The first kappa shape index (κ1) is 21.4. The van der Waals surface area contributed by atoms with Crippen molar-refractivity contribution in [2.75, 3.05) is 18.4 Å². The fourth-order valence-corrected chi connectivity index (χ4v) is 4.24. The van der Waals surface area contributed by atoms with Gasteiger partial charge in [0.15, 0.2) is 0 Å². The molecule has 0 spiro atoms. The molecule has 0 bridgehead atoms. The van der Waals surface area contributed by atoms with E-state index in [0.717, 1.165) is 43.7 Å². The third-order valence-corrected chi connectivity index (χ3v) is 5.69. The van der Waals surface area contributed by atoms with Crippen LogP contribution in [-0.2, 0) is 6.54 Å². The van der Waals surface area contributed by atoms with Gasteiger partial charge in [0.2, 0.25) is 0 Å². The standard InChI is InChI=1S/C25H35N3O/c1-19(2)28(20(3)4)25(29)22-10-12-23(13-11-22)26-24-14-16-27(17-15-24)18-21-8-6-5-7-9-21/h5-13,19-20,24,26H,14-18H2,1-4H3. The molecule has 0 atom stereocenters. The topological polar surface area (TPSA) is 35.6 Å². The number of anilines is 1. The van der Waals surface area contributed by atoms with Crippen LogP contribution in [0.5, 0.6) is 0 Å². The van der Waals surface area contributed by atoms with Crippen molar-refractivity contribution in [3.8, 4) is 0 Å². The Morgan fingerprint density at radius 2 is 1.55 bits per heavy atom. The molecule has 2 aromatic rings. The molecule has 1 aliphatic heterocycles. The van der Waals surface area contributed by atoms with Crippen molar-refractivity contribution in [1.29, 1.82) is 0 Å². The smallest absolute Gasteiger partial charge is 0.254 e. The van der Waals surface area contributed by atoms with Crippen molar-refractivity contribution in [1.82, 2.24) is 9.80 Å². The molecular formula is C25H35N3O. The fourth-order valence-electron chi connectivity index (χ4n) is 4.24. The van der Waals surface area contributed by atoms with E-state index in [1.54, 1.807) is 0 Å². The van der Waals surface area contributed by atoms with E-state index >= 15 is 0 Å². The highest BCUT2D eigenvalue weighted by Gasteiger charge is 2.22. The monoisotopic (exact) mass is 393 g/mol. The molecule has 4 nitrogen and oxygen atoms in total. The van der Waals surface area contributed by atoms with Gasteiger partial charge in [-0.15, -0.1) is 0 Å². The number of carbonyl (C=O) groups is 1. The number of amides is 1. The first-order valence-corrected chi connectivity index (χ1v) is 10.9. The summed E-state index contributed by atoms with van der Waals surface area (Å²) in [5, 5.41) is 3.65. The largest absolute Gasteiger partial charge is 0.382 e.